The molecule has 1 heterocycles. The minimum absolute atomic E-state index is 0.0230. The van der Waals surface area contributed by atoms with Crippen LogP contribution in [-0.4, -0.2) is 23.8 Å². The normalized spacial score (nSPS) is 10.7. The molecule has 134 valence electrons. The van der Waals surface area contributed by atoms with Crippen molar-refractivity contribution < 1.29 is 32.2 Å². The van der Waals surface area contributed by atoms with E-state index in [1.807, 2.05) is 0 Å². The van der Waals surface area contributed by atoms with Gasteiger partial charge in [-0.2, -0.15) is 18.4 Å². The molecule has 0 aliphatic heterocycles. The van der Waals surface area contributed by atoms with Gasteiger partial charge in [0.25, 0.3) is 0 Å². The summed E-state index contributed by atoms with van der Waals surface area (Å²) in [6.45, 7) is 1.58. The minimum Gasteiger partial charge on any atom is -0.462 e. The first kappa shape index (κ1) is 18.9. The second-order valence-electron chi connectivity index (χ2n) is 4.84. The minimum atomic E-state index is -4.63. The van der Waals surface area contributed by atoms with Gasteiger partial charge in [0, 0.05) is 11.8 Å². The van der Waals surface area contributed by atoms with Crippen LogP contribution >= 0.6 is 0 Å². The Morgan fingerprint density at radius 2 is 2.08 bits per heavy atom. The van der Waals surface area contributed by atoms with Crippen LogP contribution in [0.5, 0.6) is 11.6 Å². The van der Waals surface area contributed by atoms with Crippen molar-refractivity contribution in [1.82, 2.24) is 4.98 Å². The molecule has 0 radical (unpaired) electrons. The highest BCUT2D eigenvalue weighted by Gasteiger charge is 2.31. The van der Waals surface area contributed by atoms with Gasteiger partial charge in [-0.15, -0.1) is 0 Å². The van der Waals surface area contributed by atoms with E-state index in [0.29, 0.717) is 12.4 Å². The monoisotopic (exact) mass is 364 g/mol. The van der Waals surface area contributed by atoms with Crippen LogP contribution < -0.4 is 4.74 Å². The van der Waals surface area contributed by atoms with E-state index in [1.165, 1.54) is 12.3 Å². The van der Waals surface area contributed by atoms with Crippen molar-refractivity contribution in [2.75, 3.05) is 6.61 Å². The Balaban J connectivity index is 2.51. The Morgan fingerprint density at radius 3 is 2.65 bits per heavy atom. The highest BCUT2D eigenvalue weighted by molar-refractivity contribution is 6.00. The SMILES string of the molecule is CCOC(=O)c1c(C=O)ccnc1Oc1ccc(C(F)(F)F)cc1C#N. The van der Waals surface area contributed by atoms with Crippen LogP contribution in [0.4, 0.5) is 13.2 Å². The van der Waals surface area contributed by atoms with Gasteiger partial charge in [-0.05, 0) is 31.2 Å². The van der Waals surface area contributed by atoms with Gasteiger partial charge in [-0.3, -0.25) is 4.79 Å². The molecule has 0 aliphatic rings. The first-order chi connectivity index (χ1) is 12.3. The van der Waals surface area contributed by atoms with E-state index in [4.69, 9.17) is 14.7 Å². The Kier molecular flexibility index (Phi) is 5.57. The molecule has 9 heteroatoms. The molecule has 0 bridgehead atoms. The van der Waals surface area contributed by atoms with E-state index in [-0.39, 0.29) is 29.4 Å². The lowest BCUT2D eigenvalue weighted by atomic mass is 10.1. The molecule has 0 unspecified atom stereocenters. The van der Waals surface area contributed by atoms with Crippen LogP contribution in [-0.2, 0) is 10.9 Å². The third-order valence-electron chi connectivity index (χ3n) is 3.19. The number of alkyl halides is 3. The quantitative estimate of drug-likeness (QED) is 0.593. The maximum absolute atomic E-state index is 12.8. The second-order valence-corrected chi connectivity index (χ2v) is 4.84. The molecular weight excluding hydrogens is 353 g/mol. The van der Waals surface area contributed by atoms with Gasteiger partial charge in [0.05, 0.1) is 17.7 Å². The van der Waals surface area contributed by atoms with E-state index in [9.17, 15) is 22.8 Å². The highest BCUT2D eigenvalue weighted by atomic mass is 19.4. The predicted molar refractivity (Wildman–Crippen MR) is 81.8 cm³/mol. The fourth-order valence-electron chi connectivity index (χ4n) is 2.03. The van der Waals surface area contributed by atoms with Gasteiger partial charge in [0.2, 0.25) is 5.88 Å². The van der Waals surface area contributed by atoms with Gasteiger partial charge in [-0.25, -0.2) is 9.78 Å². The first-order valence-corrected chi connectivity index (χ1v) is 7.22. The maximum atomic E-state index is 12.8. The summed E-state index contributed by atoms with van der Waals surface area (Å²) in [5.41, 5.74) is -1.79. The fourth-order valence-corrected chi connectivity index (χ4v) is 2.03. The van der Waals surface area contributed by atoms with E-state index in [1.54, 1.807) is 13.0 Å². The van der Waals surface area contributed by atoms with Crippen LogP contribution in [0.25, 0.3) is 0 Å². The summed E-state index contributed by atoms with van der Waals surface area (Å²) in [7, 11) is 0. The number of esters is 1. The number of aldehydes is 1. The van der Waals surface area contributed by atoms with E-state index in [2.05, 4.69) is 4.98 Å². The summed E-state index contributed by atoms with van der Waals surface area (Å²) >= 11 is 0. The predicted octanol–water partition coefficient (Wildman–Crippen LogP) is 3.75. The lowest BCUT2D eigenvalue weighted by Crippen LogP contribution is -2.11. The molecule has 0 N–H and O–H groups in total. The summed E-state index contributed by atoms with van der Waals surface area (Å²) in [6.07, 6.45) is -3.06. The Bertz CT molecular complexity index is 889. The van der Waals surface area contributed by atoms with Crippen LogP contribution in [0, 0.1) is 11.3 Å². The van der Waals surface area contributed by atoms with Crippen LogP contribution in [0.15, 0.2) is 30.5 Å². The smallest absolute Gasteiger partial charge is 0.416 e. The largest absolute Gasteiger partial charge is 0.462 e. The Morgan fingerprint density at radius 1 is 1.35 bits per heavy atom. The van der Waals surface area contributed by atoms with E-state index < -0.39 is 23.3 Å². The van der Waals surface area contributed by atoms with Crippen LogP contribution in [0.3, 0.4) is 0 Å². The fraction of sp³-hybridized carbons (Fsp3) is 0.176. The number of carbonyl (C=O) groups excluding carboxylic acids is 2. The van der Waals surface area contributed by atoms with Gasteiger partial charge in [0.1, 0.15) is 17.4 Å². The lowest BCUT2D eigenvalue weighted by Gasteiger charge is -2.13. The number of nitriles is 1. The van der Waals surface area contributed by atoms with Gasteiger partial charge < -0.3 is 9.47 Å². The topological polar surface area (TPSA) is 89.3 Å². The molecule has 2 aromatic rings. The maximum Gasteiger partial charge on any atom is 0.416 e. The Hall–Kier alpha value is -3.41. The molecule has 26 heavy (non-hydrogen) atoms. The molecule has 0 atom stereocenters. The molecule has 1 aromatic heterocycles. The number of benzene rings is 1. The molecule has 0 saturated heterocycles. The summed E-state index contributed by atoms with van der Waals surface area (Å²) in [6, 6.07) is 5.12. The van der Waals surface area contributed by atoms with Crippen molar-refractivity contribution >= 4 is 12.3 Å². The highest BCUT2D eigenvalue weighted by Crippen LogP contribution is 2.34. The van der Waals surface area contributed by atoms with E-state index >= 15 is 0 Å². The second kappa shape index (κ2) is 7.65. The molecule has 0 amide bonds. The van der Waals surface area contributed by atoms with Crippen molar-refractivity contribution in [2.45, 2.75) is 13.1 Å². The molecule has 6 nitrogen and oxygen atoms in total. The van der Waals surface area contributed by atoms with Crippen molar-refractivity contribution in [3.8, 4) is 17.7 Å². The number of hydrogen-bond donors (Lipinski definition) is 0. The number of aromatic nitrogens is 1. The first-order valence-electron chi connectivity index (χ1n) is 7.22. The molecule has 2 rings (SSSR count). The molecule has 0 fully saturated rings. The van der Waals surface area contributed by atoms with Crippen molar-refractivity contribution in [3.05, 3.63) is 52.7 Å². The molecule has 0 saturated carbocycles. The third kappa shape index (κ3) is 3.97. The molecular formula is C17H11F3N2O4. The number of hydrogen-bond acceptors (Lipinski definition) is 6. The molecule has 0 spiro atoms. The van der Waals surface area contributed by atoms with Crippen LogP contribution in [0.2, 0.25) is 0 Å². The summed E-state index contributed by atoms with van der Waals surface area (Å²) in [4.78, 5) is 27.0. The van der Waals surface area contributed by atoms with E-state index in [0.717, 1.165) is 12.1 Å². The Labute approximate surface area is 145 Å². The van der Waals surface area contributed by atoms with Gasteiger partial charge >= 0.3 is 12.1 Å². The summed E-state index contributed by atoms with van der Waals surface area (Å²) in [5, 5.41) is 9.08. The number of carbonyl (C=O) groups is 2. The average molecular weight is 364 g/mol. The molecule has 0 aliphatic carbocycles. The van der Waals surface area contributed by atoms with Gasteiger partial charge in [-0.1, -0.05) is 0 Å². The van der Waals surface area contributed by atoms with Gasteiger partial charge in [0.15, 0.2) is 6.29 Å². The van der Waals surface area contributed by atoms with Crippen LogP contribution in [0.1, 0.15) is 38.8 Å². The average Bonchev–Trinajstić information content (AvgIpc) is 2.61. The number of rotatable bonds is 5. The number of ether oxygens (including phenoxy) is 2. The number of nitrogens with zero attached hydrogens (tertiary/aromatic N) is 2. The lowest BCUT2D eigenvalue weighted by molar-refractivity contribution is -0.137. The number of halogens is 3. The zero-order chi connectivity index (χ0) is 19.3. The van der Waals surface area contributed by atoms with Crippen molar-refractivity contribution in [3.63, 3.8) is 0 Å². The summed E-state index contributed by atoms with van der Waals surface area (Å²) < 4.78 is 48.4. The standard InChI is InChI=1S/C17H11F3N2O4/c1-2-25-16(24)14-10(9-23)5-6-22-15(14)26-13-4-3-12(17(18,19)20)7-11(13)8-21/h3-7,9H,2H2,1H3. The molecule has 1 aromatic carbocycles. The number of pyridine rings is 1. The van der Waals surface area contributed by atoms with Crippen molar-refractivity contribution in [1.29, 1.82) is 5.26 Å². The third-order valence-corrected chi connectivity index (χ3v) is 3.19. The van der Waals surface area contributed by atoms with Crippen molar-refractivity contribution in [2.24, 2.45) is 0 Å². The summed E-state index contributed by atoms with van der Waals surface area (Å²) in [5.74, 6) is -1.49. The zero-order valence-electron chi connectivity index (χ0n) is 13.3. The zero-order valence-corrected chi connectivity index (χ0v) is 13.3.